The highest BCUT2D eigenvalue weighted by atomic mass is 19.1. The van der Waals surface area contributed by atoms with E-state index in [9.17, 15) is 4.39 Å². The molecule has 0 aliphatic carbocycles. The second-order valence-electron chi connectivity index (χ2n) is 5.17. The summed E-state index contributed by atoms with van der Waals surface area (Å²) in [6.07, 6.45) is 2.54. The molecule has 0 aliphatic heterocycles. The Morgan fingerprint density at radius 3 is 2.90 bits per heavy atom. The van der Waals surface area contributed by atoms with Gasteiger partial charge >= 0.3 is 0 Å². The van der Waals surface area contributed by atoms with Crippen molar-refractivity contribution in [3.63, 3.8) is 0 Å². The summed E-state index contributed by atoms with van der Waals surface area (Å²) in [5.41, 5.74) is 1.65. The van der Waals surface area contributed by atoms with Crippen LogP contribution in [0.5, 0.6) is 0 Å². The molecule has 21 heavy (non-hydrogen) atoms. The summed E-state index contributed by atoms with van der Waals surface area (Å²) >= 11 is 0. The van der Waals surface area contributed by atoms with E-state index in [0.717, 1.165) is 24.3 Å². The zero-order valence-corrected chi connectivity index (χ0v) is 12.6. The van der Waals surface area contributed by atoms with E-state index in [1.54, 1.807) is 19.3 Å². The van der Waals surface area contributed by atoms with Crippen molar-refractivity contribution in [1.82, 2.24) is 5.32 Å². The molecule has 0 spiro atoms. The van der Waals surface area contributed by atoms with E-state index in [0.29, 0.717) is 18.8 Å². The largest absolute Gasteiger partial charge is 0.467 e. The van der Waals surface area contributed by atoms with Gasteiger partial charge in [-0.3, -0.25) is 0 Å². The van der Waals surface area contributed by atoms with Crippen molar-refractivity contribution in [2.45, 2.75) is 32.9 Å². The number of benzene rings is 1. The SMILES string of the molecule is Cc1ccc(C(C)NCCCOCc2ccco2)cc1F. The molecule has 1 N–H and O–H groups in total. The van der Waals surface area contributed by atoms with Crippen molar-refractivity contribution >= 4 is 0 Å². The number of hydrogen-bond acceptors (Lipinski definition) is 3. The van der Waals surface area contributed by atoms with Crippen LogP contribution in [0.2, 0.25) is 0 Å². The molecule has 2 aromatic rings. The normalized spacial score (nSPS) is 12.5. The average Bonchev–Trinajstić information content (AvgIpc) is 2.98. The molecule has 0 bridgehead atoms. The van der Waals surface area contributed by atoms with Gasteiger partial charge in [-0.1, -0.05) is 12.1 Å². The summed E-state index contributed by atoms with van der Waals surface area (Å²) in [6.45, 7) is 5.81. The van der Waals surface area contributed by atoms with Gasteiger partial charge in [-0.2, -0.15) is 0 Å². The van der Waals surface area contributed by atoms with Gasteiger partial charge in [-0.15, -0.1) is 0 Å². The Balaban J connectivity index is 1.62. The third kappa shape index (κ3) is 4.99. The molecule has 0 amide bonds. The minimum absolute atomic E-state index is 0.130. The Hall–Kier alpha value is -1.65. The van der Waals surface area contributed by atoms with Crippen LogP contribution >= 0.6 is 0 Å². The molecule has 0 fully saturated rings. The molecule has 0 saturated carbocycles. The Labute approximate surface area is 125 Å². The van der Waals surface area contributed by atoms with Crippen LogP contribution in [0, 0.1) is 12.7 Å². The second-order valence-corrected chi connectivity index (χ2v) is 5.17. The van der Waals surface area contributed by atoms with Gasteiger partial charge in [0.05, 0.1) is 6.26 Å². The molecule has 4 heteroatoms. The molecule has 0 aliphatic rings. The minimum Gasteiger partial charge on any atom is -0.467 e. The van der Waals surface area contributed by atoms with Crippen LogP contribution in [0.25, 0.3) is 0 Å². The first-order valence-electron chi connectivity index (χ1n) is 7.26. The number of rotatable bonds is 8. The number of nitrogens with one attached hydrogen (secondary N) is 1. The summed E-state index contributed by atoms with van der Waals surface area (Å²) in [6, 6.07) is 9.25. The molecule has 1 heterocycles. The zero-order chi connectivity index (χ0) is 15.1. The van der Waals surface area contributed by atoms with Gasteiger partial charge < -0.3 is 14.5 Å². The van der Waals surface area contributed by atoms with Crippen molar-refractivity contribution in [1.29, 1.82) is 0 Å². The molecular weight excluding hydrogens is 269 g/mol. The maximum Gasteiger partial charge on any atom is 0.129 e. The molecule has 1 aromatic heterocycles. The van der Waals surface area contributed by atoms with E-state index >= 15 is 0 Å². The zero-order valence-electron chi connectivity index (χ0n) is 12.6. The predicted octanol–water partition coefficient (Wildman–Crippen LogP) is 3.98. The molecule has 1 atom stereocenters. The molecular formula is C17H22FNO2. The highest BCUT2D eigenvalue weighted by Crippen LogP contribution is 2.16. The standard InChI is InChI=1S/C17H22FNO2/c1-13-6-7-15(11-17(13)18)14(2)19-8-4-9-20-12-16-5-3-10-21-16/h3,5-7,10-11,14,19H,4,8-9,12H2,1-2H3. The summed E-state index contributed by atoms with van der Waals surface area (Å²) in [4.78, 5) is 0. The topological polar surface area (TPSA) is 34.4 Å². The van der Waals surface area contributed by atoms with Gasteiger partial charge in [-0.25, -0.2) is 4.39 Å². The highest BCUT2D eigenvalue weighted by molar-refractivity contribution is 5.25. The summed E-state index contributed by atoms with van der Waals surface area (Å²) in [5, 5.41) is 3.37. The molecule has 1 unspecified atom stereocenters. The highest BCUT2D eigenvalue weighted by Gasteiger charge is 2.06. The minimum atomic E-state index is -0.150. The molecule has 0 radical (unpaired) electrons. The summed E-state index contributed by atoms with van der Waals surface area (Å²) < 4.78 is 24.2. The maximum atomic E-state index is 13.5. The van der Waals surface area contributed by atoms with Gasteiger partial charge in [-0.05, 0) is 56.1 Å². The first kappa shape index (κ1) is 15.7. The first-order valence-corrected chi connectivity index (χ1v) is 7.26. The average molecular weight is 291 g/mol. The maximum absolute atomic E-state index is 13.5. The molecule has 2 rings (SSSR count). The van der Waals surface area contributed by atoms with E-state index in [1.807, 2.05) is 31.2 Å². The number of ether oxygens (including phenoxy) is 1. The fraction of sp³-hybridized carbons (Fsp3) is 0.412. The van der Waals surface area contributed by atoms with E-state index in [-0.39, 0.29) is 11.9 Å². The quantitative estimate of drug-likeness (QED) is 0.747. The van der Waals surface area contributed by atoms with Crippen LogP contribution in [0.3, 0.4) is 0 Å². The molecule has 3 nitrogen and oxygen atoms in total. The van der Waals surface area contributed by atoms with Gasteiger partial charge in [0.1, 0.15) is 18.2 Å². The van der Waals surface area contributed by atoms with Gasteiger partial charge in [0, 0.05) is 12.6 Å². The second kappa shape index (κ2) is 7.96. The fourth-order valence-corrected chi connectivity index (χ4v) is 2.06. The van der Waals surface area contributed by atoms with E-state index < -0.39 is 0 Å². The number of furan rings is 1. The summed E-state index contributed by atoms with van der Waals surface area (Å²) in [7, 11) is 0. The lowest BCUT2D eigenvalue weighted by Gasteiger charge is -2.14. The lowest BCUT2D eigenvalue weighted by Crippen LogP contribution is -2.21. The first-order chi connectivity index (χ1) is 10.2. The van der Waals surface area contributed by atoms with E-state index in [2.05, 4.69) is 5.32 Å². The van der Waals surface area contributed by atoms with Crippen LogP contribution in [0.4, 0.5) is 4.39 Å². The smallest absolute Gasteiger partial charge is 0.129 e. The van der Waals surface area contributed by atoms with Gasteiger partial charge in [0.15, 0.2) is 0 Å². The van der Waals surface area contributed by atoms with Crippen molar-refractivity contribution in [3.8, 4) is 0 Å². The summed E-state index contributed by atoms with van der Waals surface area (Å²) in [5.74, 6) is 0.689. The molecule has 1 aromatic carbocycles. The number of hydrogen-bond donors (Lipinski definition) is 1. The Morgan fingerprint density at radius 1 is 1.33 bits per heavy atom. The number of aryl methyl sites for hydroxylation is 1. The van der Waals surface area contributed by atoms with Crippen molar-refractivity contribution in [3.05, 3.63) is 59.3 Å². The van der Waals surface area contributed by atoms with Gasteiger partial charge in [0.2, 0.25) is 0 Å². The Bertz CT molecular complexity index is 540. The predicted molar refractivity (Wildman–Crippen MR) is 80.5 cm³/mol. The lowest BCUT2D eigenvalue weighted by atomic mass is 10.1. The number of halogens is 1. The van der Waals surface area contributed by atoms with Crippen LogP contribution < -0.4 is 5.32 Å². The van der Waals surface area contributed by atoms with Gasteiger partial charge in [0.25, 0.3) is 0 Å². The van der Waals surface area contributed by atoms with E-state index in [4.69, 9.17) is 9.15 Å². The Kier molecular flexibility index (Phi) is 5.96. The monoisotopic (exact) mass is 291 g/mol. The van der Waals surface area contributed by atoms with Crippen molar-refractivity contribution < 1.29 is 13.5 Å². The third-order valence-electron chi connectivity index (χ3n) is 3.44. The van der Waals surface area contributed by atoms with Crippen LogP contribution in [-0.4, -0.2) is 13.2 Å². The molecule has 114 valence electrons. The Morgan fingerprint density at radius 2 is 2.19 bits per heavy atom. The third-order valence-corrected chi connectivity index (χ3v) is 3.44. The van der Waals surface area contributed by atoms with Crippen molar-refractivity contribution in [2.75, 3.05) is 13.2 Å². The fourth-order valence-electron chi connectivity index (χ4n) is 2.06. The molecule has 0 saturated heterocycles. The lowest BCUT2D eigenvalue weighted by molar-refractivity contribution is 0.104. The van der Waals surface area contributed by atoms with Crippen LogP contribution in [-0.2, 0) is 11.3 Å². The van der Waals surface area contributed by atoms with Crippen molar-refractivity contribution in [2.24, 2.45) is 0 Å². The van der Waals surface area contributed by atoms with Crippen LogP contribution in [0.15, 0.2) is 41.0 Å². The van der Waals surface area contributed by atoms with E-state index in [1.165, 1.54) is 0 Å². The van der Waals surface area contributed by atoms with Crippen LogP contribution in [0.1, 0.15) is 36.3 Å².